The second-order valence-corrected chi connectivity index (χ2v) is 3.92. The van der Waals surface area contributed by atoms with Crippen LogP contribution in [0.15, 0.2) is 28.9 Å². The van der Waals surface area contributed by atoms with Gasteiger partial charge in [-0.25, -0.2) is 4.39 Å². The van der Waals surface area contributed by atoms with Gasteiger partial charge in [-0.2, -0.15) is 0 Å². The molecule has 0 amide bonds. The molecule has 5 heteroatoms. The van der Waals surface area contributed by atoms with Crippen LogP contribution in [0.4, 0.5) is 4.39 Å². The maximum atomic E-state index is 13.2. The first-order chi connectivity index (χ1) is 7.16. The lowest BCUT2D eigenvalue weighted by Crippen LogP contribution is -2.15. The van der Waals surface area contributed by atoms with Crippen LogP contribution >= 0.6 is 12.4 Å². The minimum absolute atomic E-state index is 0. The molecule has 0 aliphatic rings. The number of benzene rings is 1. The average Bonchev–Trinajstić information content (AvgIpc) is 2.61. The van der Waals surface area contributed by atoms with Gasteiger partial charge in [0.1, 0.15) is 11.4 Å². The lowest BCUT2D eigenvalue weighted by atomic mass is 10.0. The normalized spacial score (nSPS) is 11.7. The highest BCUT2D eigenvalue weighted by molar-refractivity contribution is 5.85. The van der Waals surface area contributed by atoms with Crippen molar-refractivity contribution in [3.8, 4) is 0 Å². The number of aryl methyl sites for hydroxylation is 1. The third-order valence-corrected chi connectivity index (χ3v) is 2.46. The SMILES string of the molecule is CC(N)CCc1cc(F)cc2ccoc12.Cl.N. The molecule has 0 spiro atoms. The van der Waals surface area contributed by atoms with E-state index in [0.717, 1.165) is 29.4 Å². The van der Waals surface area contributed by atoms with Crippen LogP contribution in [0.3, 0.4) is 0 Å². The fraction of sp³-hybridized carbons (Fsp3) is 0.333. The predicted octanol–water partition coefficient (Wildman–Crippen LogP) is 3.44. The summed E-state index contributed by atoms with van der Waals surface area (Å²) in [5.41, 5.74) is 7.34. The van der Waals surface area contributed by atoms with E-state index in [9.17, 15) is 4.39 Å². The molecule has 5 N–H and O–H groups in total. The smallest absolute Gasteiger partial charge is 0.137 e. The molecule has 0 saturated heterocycles. The highest BCUT2D eigenvalue weighted by atomic mass is 35.5. The Bertz CT molecular complexity index is 470. The maximum absolute atomic E-state index is 13.2. The third-order valence-electron chi connectivity index (χ3n) is 2.46. The van der Waals surface area contributed by atoms with Crippen LogP contribution < -0.4 is 11.9 Å². The number of halogens is 2. The number of rotatable bonds is 3. The monoisotopic (exact) mass is 260 g/mol. The Balaban J connectivity index is 0.00000128. The maximum Gasteiger partial charge on any atom is 0.137 e. The van der Waals surface area contributed by atoms with Gasteiger partial charge in [-0.1, -0.05) is 0 Å². The van der Waals surface area contributed by atoms with Gasteiger partial charge >= 0.3 is 0 Å². The summed E-state index contributed by atoms with van der Waals surface area (Å²) < 4.78 is 18.6. The Morgan fingerprint density at radius 2 is 2.12 bits per heavy atom. The highest BCUT2D eigenvalue weighted by Crippen LogP contribution is 2.23. The fourth-order valence-corrected chi connectivity index (χ4v) is 1.68. The molecular formula is C12H18ClFN2O. The second-order valence-electron chi connectivity index (χ2n) is 3.92. The summed E-state index contributed by atoms with van der Waals surface area (Å²) in [5.74, 6) is -0.219. The van der Waals surface area contributed by atoms with Crippen LogP contribution in [-0.4, -0.2) is 6.04 Å². The molecule has 1 aromatic carbocycles. The van der Waals surface area contributed by atoms with E-state index in [0.29, 0.717) is 0 Å². The first-order valence-electron chi connectivity index (χ1n) is 5.08. The molecule has 0 bridgehead atoms. The lowest BCUT2D eigenvalue weighted by molar-refractivity contribution is 0.595. The summed E-state index contributed by atoms with van der Waals surface area (Å²) in [4.78, 5) is 0. The van der Waals surface area contributed by atoms with Crippen LogP contribution in [0.25, 0.3) is 11.0 Å². The van der Waals surface area contributed by atoms with Crippen LogP contribution in [-0.2, 0) is 6.42 Å². The Morgan fingerprint density at radius 1 is 1.41 bits per heavy atom. The molecule has 0 saturated carbocycles. The van der Waals surface area contributed by atoms with Gasteiger partial charge in [0.2, 0.25) is 0 Å². The molecule has 1 atom stereocenters. The summed E-state index contributed by atoms with van der Waals surface area (Å²) in [6.07, 6.45) is 3.16. The number of furan rings is 1. The van der Waals surface area contributed by atoms with E-state index in [2.05, 4.69) is 0 Å². The largest absolute Gasteiger partial charge is 0.464 e. The Morgan fingerprint density at radius 3 is 2.76 bits per heavy atom. The summed E-state index contributed by atoms with van der Waals surface area (Å²) in [7, 11) is 0. The molecule has 1 aromatic heterocycles. The zero-order valence-corrected chi connectivity index (χ0v) is 10.6. The molecule has 0 fully saturated rings. The zero-order valence-electron chi connectivity index (χ0n) is 9.78. The van der Waals surface area contributed by atoms with Crippen molar-refractivity contribution >= 4 is 23.4 Å². The second kappa shape index (κ2) is 6.59. The first-order valence-corrected chi connectivity index (χ1v) is 5.08. The van der Waals surface area contributed by atoms with Crippen molar-refractivity contribution in [2.45, 2.75) is 25.8 Å². The Hall–Kier alpha value is -1.10. The third kappa shape index (κ3) is 3.70. The van der Waals surface area contributed by atoms with Crippen LogP contribution in [0.1, 0.15) is 18.9 Å². The summed E-state index contributed by atoms with van der Waals surface area (Å²) in [5, 5.41) is 0.815. The van der Waals surface area contributed by atoms with E-state index in [4.69, 9.17) is 10.2 Å². The van der Waals surface area contributed by atoms with E-state index >= 15 is 0 Å². The fourth-order valence-electron chi connectivity index (χ4n) is 1.68. The lowest BCUT2D eigenvalue weighted by Gasteiger charge is -2.05. The van der Waals surface area contributed by atoms with Crippen molar-refractivity contribution in [1.82, 2.24) is 6.15 Å². The van der Waals surface area contributed by atoms with E-state index in [-0.39, 0.29) is 30.4 Å². The van der Waals surface area contributed by atoms with E-state index < -0.39 is 0 Å². The minimum atomic E-state index is -0.219. The topological polar surface area (TPSA) is 74.2 Å². The number of nitrogens with two attached hydrogens (primary N) is 1. The molecule has 2 aromatic rings. The summed E-state index contributed by atoms with van der Waals surface area (Å²) >= 11 is 0. The van der Waals surface area contributed by atoms with Crippen molar-refractivity contribution in [1.29, 1.82) is 0 Å². The quantitative estimate of drug-likeness (QED) is 0.888. The summed E-state index contributed by atoms with van der Waals surface area (Å²) in [6, 6.07) is 4.90. The van der Waals surface area contributed by atoms with Gasteiger partial charge in [0.15, 0.2) is 0 Å². The molecule has 0 aliphatic heterocycles. The van der Waals surface area contributed by atoms with Crippen LogP contribution in [0.2, 0.25) is 0 Å². The van der Waals surface area contributed by atoms with Crippen LogP contribution in [0.5, 0.6) is 0 Å². The minimum Gasteiger partial charge on any atom is -0.464 e. The van der Waals surface area contributed by atoms with Gasteiger partial charge in [-0.15, -0.1) is 12.4 Å². The van der Waals surface area contributed by atoms with Gasteiger partial charge in [0.05, 0.1) is 6.26 Å². The van der Waals surface area contributed by atoms with Gasteiger partial charge in [0, 0.05) is 11.4 Å². The van der Waals surface area contributed by atoms with Crippen molar-refractivity contribution in [2.24, 2.45) is 5.73 Å². The number of hydrogen-bond acceptors (Lipinski definition) is 3. The van der Waals surface area contributed by atoms with Crippen molar-refractivity contribution < 1.29 is 8.81 Å². The molecule has 1 heterocycles. The number of fused-ring (bicyclic) bond motifs is 1. The molecule has 1 unspecified atom stereocenters. The predicted molar refractivity (Wildman–Crippen MR) is 70.4 cm³/mol. The summed E-state index contributed by atoms with van der Waals surface area (Å²) in [6.45, 7) is 1.94. The molecule has 17 heavy (non-hydrogen) atoms. The molecular weight excluding hydrogens is 243 g/mol. The van der Waals surface area contributed by atoms with Gasteiger partial charge in [-0.05, 0) is 43.5 Å². The van der Waals surface area contributed by atoms with Gasteiger partial charge < -0.3 is 16.3 Å². The van der Waals surface area contributed by atoms with Crippen molar-refractivity contribution in [3.05, 3.63) is 35.8 Å². The molecule has 3 nitrogen and oxygen atoms in total. The van der Waals surface area contributed by atoms with E-state index in [1.165, 1.54) is 12.1 Å². The molecule has 0 radical (unpaired) electrons. The van der Waals surface area contributed by atoms with Crippen molar-refractivity contribution in [3.63, 3.8) is 0 Å². The van der Waals surface area contributed by atoms with Crippen molar-refractivity contribution in [2.75, 3.05) is 0 Å². The Labute approximate surface area is 106 Å². The number of hydrogen-bond donors (Lipinski definition) is 2. The first kappa shape index (κ1) is 15.9. The average molecular weight is 261 g/mol. The van der Waals surface area contributed by atoms with Gasteiger partial charge in [-0.3, -0.25) is 0 Å². The molecule has 96 valence electrons. The highest BCUT2D eigenvalue weighted by Gasteiger charge is 2.07. The van der Waals surface area contributed by atoms with E-state index in [1.807, 2.05) is 6.92 Å². The Kier molecular flexibility index (Phi) is 6.16. The van der Waals surface area contributed by atoms with E-state index in [1.54, 1.807) is 12.3 Å². The molecule has 0 aliphatic carbocycles. The molecule has 2 rings (SSSR count). The standard InChI is InChI=1S/C12H14FNO.ClH.H3N/c1-8(14)2-3-9-6-11(13)7-10-4-5-15-12(9)10;;/h4-8H,2-3,14H2,1H3;1H;1H3. The van der Waals surface area contributed by atoms with Gasteiger partial charge in [0.25, 0.3) is 0 Å². The zero-order chi connectivity index (χ0) is 10.8. The van der Waals surface area contributed by atoms with Crippen LogP contribution in [0, 0.1) is 5.82 Å².